The van der Waals surface area contributed by atoms with Crippen LogP contribution in [0.4, 0.5) is 0 Å². The highest BCUT2D eigenvalue weighted by Crippen LogP contribution is 2.43. The molecule has 0 aromatic carbocycles. The van der Waals surface area contributed by atoms with Gasteiger partial charge in [-0.15, -0.1) is 0 Å². The summed E-state index contributed by atoms with van der Waals surface area (Å²) in [7, 11) is 2.03. The van der Waals surface area contributed by atoms with E-state index >= 15 is 0 Å². The highest BCUT2D eigenvalue weighted by Gasteiger charge is 2.33. The fourth-order valence-corrected chi connectivity index (χ4v) is 1.70. The molecule has 2 unspecified atom stereocenters. The summed E-state index contributed by atoms with van der Waals surface area (Å²) in [6, 6.07) is 0. The molecular formula is C11H25N. The van der Waals surface area contributed by atoms with Crippen molar-refractivity contribution >= 4 is 0 Å². The Morgan fingerprint density at radius 2 is 1.92 bits per heavy atom. The van der Waals surface area contributed by atoms with Gasteiger partial charge in [0.2, 0.25) is 0 Å². The quantitative estimate of drug-likeness (QED) is 0.627. The molecule has 0 heterocycles. The zero-order valence-electron chi connectivity index (χ0n) is 9.19. The molecule has 1 heteroatoms. The van der Waals surface area contributed by atoms with Crippen molar-refractivity contribution in [2.24, 2.45) is 11.8 Å². The molecule has 0 aromatic heterocycles. The van der Waals surface area contributed by atoms with Gasteiger partial charge in [0.05, 0.1) is 0 Å². The van der Waals surface area contributed by atoms with Crippen LogP contribution in [0.5, 0.6) is 0 Å². The lowest BCUT2D eigenvalue weighted by atomic mass is 10.1. The summed E-state index contributed by atoms with van der Waals surface area (Å²) in [5, 5.41) is 3.18. The Kier molecular flexibility index (Phi) is 7.58. The number of rotatable bonds is 5. The Morgan fingerprint density at radius 1 is 1.25 bits per heavy atom. The van der Waals surface area contributed by atoms with E-state index in [-0.39, 0.29) is 0 Å². The van der Waals surface area contributed by atoms with E-state index in [9.17, 15) is 0 Å². The van der Waals surface area contributed by atoms with Crippen molar-refractivity contribution in [1.82, 2.24) is 5.32 Å². The molecule has 74 valence electrons. The first-order valence-corrected chi connectivity index (χ1v) is 5.53. The largest absolute Gasteiger partial charge is 0.320 e. The van der Waals surface area contributed by atoms with Crippen LogP contribution in [0.15, 0.2) is 0 Å². The minimum atomic E-state index is 1.09. The molecule has 0 spiro atoms. The van der Waals surface area contributed by atoms with Gasteiger partial charge in [-0.1, -0.05) is 27.2 Å². The minimum absolute atomic E-state index is 1.09. The van der Waals surface area contributed by atoms with Crippen molar-refractivity contribution < 1.29 is 0 Å². The van der Waals surface area contributed by atoms with Crippen LogP contribution in [0, 0.1) is 11.8 Å². The first kappa shape index (κ1) is 12.0. The van der Waals surface area contributed by atoms with E-state index < -0.39 is 0 Å². The van der Waals surface area contributed by atoms with Gasteiger partial charge >= 0.3 is 0 Å². The Hall–Kier alpha value is -0.0400. The predicted octanol–water partition coefficient (Wildman–Crippen LogP) is 3.06. The van der Waals surface area contributed by atoms with E-state index in [0.717, 1.165) is 11.8 Å². The van der Waals surface area contributed by atoms with Gasteiger partial charge in [0, 0.05) is 0 Å². The molecule has 0 saturated heterocycles. The normalized spacial score (nSPS) is 26.0. The summed E-state index contributed by atoms with van der Waals surface area (Å²) < 4.78 is 0. The molecule has 1 aliphatic rings. The van der Waals surface area contributed by atoms with Crippen LogP contribution < -0.4 is 5.32 Å². The first-order valence-electron chi connectivity index (χ1n) is 5.53. The predicted molar refractivity (Wildman–Crippen MR) is 56.4 cm³/mol. The van der Waals surface area contributed by atoms with Crippen LogP contribution in [0.3, 0.4) is 0 Å². The second-order valence-corrected chi connectivity index (χ2v) is 3.41. The standard InChI is InChI=1S/C9H19N.C2H6/c1-3-8-7-9(8)5-4-6-10-2;1-2/h8-10H,3-7H2,1-2H3;1-2H3. The molecule has 0 aliphatic heterocycles. The lowest BCUT2D eigenvalue weighted by Crippen LogP contribution is -2.07. The van der Waals surface area contributed by atoms with Crippen molar-refractivity contribution in [3.8, 4) is 0 Å². The Balaban J connectivity index is 0.000000561. The van der Waals surface area contributed by atoms with Gasteiger partial charge in [-0.25, -0.2) is 0 Å². The summed E-state index contributed by atoms with van der Waals surface area (Å²) in [5.74, 6) is 2.19. The smallest absolute Gasteiger partial charge is 0.00518 e. The molecule has 0 radical (unpaired) electrons. The molecule has 1 fully saturated rings. The Bertz CT molecular complexity index is 91.0. The van der Waals surface area contributed by atoms with Crippen LogP contribution in [0.1, 0.15) is 46.5 Å². The molecule has 2 atom stereocenters. The summed E-state index contributed by atoms with van der Waals surface area (Å²) in [6.07, 6.45) is 5.75. The lowest BCUT2D eigenvalue weighted by molar-refractivity contribution is 0.583. The molecule has 1 rings (SSSR count). The van der Waals surface area contributed by atoms with Gasteiger partial charge < -0.3 is 5.32 Å². The van der Waals surface area contributed by atoms with Crippen molar-refractivity contribution in [1.29, 1.82) is 0 Å². The molecule has 1 N–H and O–H groups in total. The second kappa shape index (κ2) is 7.60. The average molecular weight is 171 g/mol. The molecular weight excluding hydrogens is 146 g/mol. The van der Waals surface area contributed by atoms with Crippen LogP contribution in [-0.4, -0.2) is 13.6 Å². The van der Waals surface area contributed by atoms with Crippen molar-refractivity contribution in [2.45, 2.75) is 46.5 Å². The van der Waals surface area contributed by atoms with Gasteiger partial charge in [0.1, 0.15) is 0 Å². The second-order valence-electron chi connectivity index (χ2n) is 3.41. The van der Waals surface area contributed by atoms with E-state index in [0.29, 0.717) is 0 Å². The molecule has 0 amide bonds. The zero-order valence-corrected chi connectivity index (χ0v) is 9.19. The number of hydrogen-bond acceptors (Lipinski definition) is 1. The van der Waals surface area contributed by atoms with Crippen LogP contribution in [0.2, 0.25) is 0 Å². The average Bonchev–Trinajstić information content (AvgIpc) is 2.88. The molecule has 1 saturated carbocycles. The van der Waals surface area contributed by atoms with E-state index in [1.807, 2.05) is 20.9 Å². The van der Waals surface area contributed by atoms with Gasteiger partial charge in [0.15, 0.2) is 0 Å². The summed E-state index contributed by atoms with van der Waals surface area (Å²) in [6.45, 7) is 7.51. The fraction of sp³-hybridized carbons (Fsp3) is 1.00. The lowest BCUT2D eigenvalue weighted by Gasteiger charge is -1.97. The molecule has 12 heavy (non-hydrogen) atoms. The molecule has 0 aromatic rings. The van der Waals surface area contributed by atoms with Gasteiger partial charge in [-0.2, -0.15) is 0 Å². The molecule has 1 aliphatic carbocycles. The fourth-order valence-electron chi connectivity index (χ4n) is 1.70. The summed E-state index contributed by atoms with van der Waals surface area (Å²) >= 11 is 0. The van der Waals surface area contributed by atoms with Crippen LogP contribution in [-0.2, 0) is 0 Å². The highest BCUT2D eigenvalue weighted by molar-refractivity contribution is 4.84. The third-order valence-corrected chi connectivity index (χ3v) is 2.60. The van der Waals surface area contributed by atoms with Crippen molar-refractivity contribution in [3.63, 3.8) is 0 Å². The topological polar surface area (TPSA) is 12.0 Å². The highest BCUT2D eigenvalue weighted by atomic mass is 14.8. The zero-order chi connectivity index (χ0) is 9.40. The maximum absolute atomic E-state index is 3.18. The summed E-state index contributed by atoms with van der Waals surface area (Å²) in [5.41, 5.74) is 0. The third kappa shape index (κ3) is 4.76. The van der Waals surface area contributed by atoms with Crippen LogP contribution in [0.25, 0.3) is 0 Å². The van der Waals surface area contributed by atoms with E-state index in [1.165, 1.54) is 32.2 Å². The van der Waals surface area contributed by atoms with E-state index in [2.05, 4.69) is 12.2 Å². The van der Waals surface area contributed by atoms with Crippen molar-refractivity contribution in [2.75, 3.05) is 13.6 Å². The molecule has 0 bridgehead atoms. The monoisotopic (exact) mass is 171 g/mol. The van der Waals surface area contributed by atoms with Gasteiger partial charge in [-0.3, -0.25) is 0 Å². The number of hydrogen-bond donors (Lipinski definition) is 1. The SMILES string of the molecule is CC.CCC1CC1CCCNC. The van der Waals surface area contributed by atoms with Crippen molar-refractivity contribution in [3.05, 3.63) is 0 Å². The third-order valence-electron chi connectivity index (χ3n) is 2.60. The minimum Gasteiger partial charge on any atom is -0.320 e. The van der Waals surface area contributed by atoms with Gasteiger partial charge in [0.25, 0.3) is 0 Å². The van der Waals surface area contributed by atoms with E-state index in [4.69, 9.17) is 0 Å². The summed E-state index contributed by atoms with van der Waals surface area (Å²) in [4.78, 5) is 0. The van der Waals surface area contributed by atoms with Gasteiger partial charge in [-0.05, 0) is 44.7 Å². The first-order chi connectivity index (χ1) is 5.88. The number of nitrogens with one attached hydrogen (secondary N) is 1. The Morgan fingerprint density at radius 3 is 2.33 bits per heavy atom. The Labute approximate surface area is 77.9 Å². The van der Waals surface area contributed by atoms with E-state index in [1.54, 1.807) is 0 Å². The molecule has 1 nitrogen and oxygen atoms in total. The maximum atomic E-state index is 3.18. The van der Waals surface area contributed by atoms with Crippen LogP contribution >= 0.6 is 0 Å². The maximum Gasteiger partial charge on any atom is -0.00518 e.